The van der Waals surface area contributed by atoms with Gasteiger partial charge in [0.25, 0.3) is 0 Å². The van der Waals surface area contributed by atoms with Crippen molar-refractivity contribution in [3.8, 4) is 17.3 Å². The molecule has 5 rings (SSSR count). The first-order valence-corrected chi connectivity index (χ1v) is 14.2. The van der Waals surface area contributed by atoms with Gasteiger partial charge in [-0.1, -0.05) is 30.0 Å². The Balaban J connectivity index is 1.35. The zero-order chi connectivity index (χ0) is 26.6. The van der Waals surface area contributed by atoms with Crippen LogP contribution in [-0.2, 0) is 28.9 Å². The van der Waals surface area contributed by atoms with E-state index >= 15 is 0 Å². The summed E-state index contributed by atoms with van der Waals surface area (Å²) in [5.74, 6) is 1.18. The Hall–Kier alpha value is -3.57. The minimum atomic E-state index is -0.382. The lowest BCUT2D eigenvalue weighted by Crippen LogP contribution is -2.17. The van der Waals surface area contributed by atoms with Crippen LogP contribution in [0.3, 0.4) is 0 Å². The number of carbonyl (C=O) groups excluding carboxylic acids is 2. The second-order valence-corrected chi connectivity index (χ2v) is 10.7. The minimum Gasteiger partial charge on any atom is -0.493 e. The van der Waals surface area contributed by atoms with Crippen LogP contribution in [0.4, 0.5) is 5.00 Å². The maximum atomic E-state index is 13.0. The zero-order valence-corrected chi connectivity index (χ0v) is 22.9. The van der Waals surface area contributed by atoms with Crippen molar-refractivity contribution in [3.05, 3.63) is 52.9 Å². The predicted molar refractivity (Wildman–Crippen MR) is 148 cm³/mol. The molecule has 1 N–H and O–H groups in total. The second kappa shape index (κ2) is 11.4. The first-order chi connectivity index (χ1) is 18.5. The highest BCUT2D eigenvalue weighted by Gasteiger charge is 2.27. The molecule has 0 saturated carbocycles. The number of carbonyl (C=O) groups is 2. The monoisotopic (exact) mass is 552 g/mol. The van der Waals surface area contributed by atoms with E-state index in [1.807, 2.05) is 28.8 Å². The average Bonchev–Trinajstić information content (AvgIpc) is 3.62. The van der Waals surface area contributed by atoms with Crippen LogP contribution in [0, 0.1) is 0 Å². The molecular formula is C27H28N4O5S2. The number of para-hydroxylation sites is 1. The van der Waals surface area contributed by atoms with E-state index in [9.17, 15) is 9.59 Å². The molecule has 0 unspecified atom stereocenters. The molecule has 11 heteroatoms. The van der Waals surface area contributed by atoms with Crippen molar-refractivity contribution in [1.82, 2.24) is 14.8 Å². The molecule has 1 aromatic carbocycles. The number of aryl methyl sites for hydroxylation is 1. The SMILES string of the molecule is C=CCn1c(SCC(=O)Nc2sc3c(c2C(=O)OCC)CCCC3)nnc1-c1cc2cccc(OC)c2o1. The fourth-order valence-corrected chi connectivity index (χ4v) is 6.59. The number of hydrogen-bond acceptors (Lipinski definition) is 9. The van der Waals surface area contributed by atoms with Crippen molar-refractivity contribution in [2.75, 3.05) is 24.8 Å². The van der Waals surface area contributed by atoms with Crippen molar-refractivity contribution in [3.63, 3.8) is 0 Å². The quantitative estimate of drug-likeness (QED) is 0.151. The van der Waals surface area contributed by atoms with Gasteiger partial charge >= 0.3 is 5.97 Å². The Bertz CT molecular complexity index is 1500. The third-order valence-electron chi connectivity index (χ3n) is 6.21. The number of anilines is 1. The Kier molecular flexibility index (Phi) is 7.85. The van der Waals surface area contributed by atoms with Crippen LogP contribution < -0.4 is 10.1 Å². The Labute approximate surface area is 228 Å². The van der Waals surface area contributed by atoms with E-state index in [4.69, 9.17) is 13.9 Å². The minimum absolute atomic E-state index is 0.0913. The molecule has 4 aromatic rings. The molecule has 0 atom stereocenters. The largest absolute Gasteiger partial charge is 0.493 e. The van der Waals surface area contributed by atoms with Gasteiger partial charge in [-0.15, -0.1) is 28.1 Å². The van der Waals surface area contributed by atoms with Crippen LogP contribution in [0.2, 0.25) is 0 Å². The normalized spacial score (nSPS) is 12.8. The standard InChI is InChI=1S/C27H28N4O5S2/c1-4-13-31-24(19-14-16-9-8-11-18(34-3)23(16)36-19)29-30-27(31)37-15-21(32)28-25-22(26(33)35-5-2)17-10-6-7-12-20(17)38-25/h4,8-9,11,14H,1,5-7,10,12-13,15H2,2-3H3,(H,28,32). The Morgan fingerprint density at radius 2 is 2.13 bits per heavy atom. The predicted octanol–water partition coefficient (Wildman–Crippen LogP) is 5.73. The molecule has 0 radical (unpaired) electrons. The van der Waals surface area contributed by atoms with E-state index in [-0.39, 0.29) is 24.2 Å². The Morgan fingerprint density at radius 3 is 2.92 bits per heavy atom. The summed E-state index contributed by atoms with van der Waals surface area (Å²) in [6.45, 7) is 6.35. The molecule has 9 nitrogen and oxygen atoms in total. The first-order valence-electron chi connectivity index (χ1n) is 12.4. The van der Waals surface area contributed by atoms with Crippen LogP contribution in [0.5, 0.6) is 5.75 Å². The molecule has 38 heavy (non-hydrogen) atoms. The van der Waals surface area contributed by atoms with Gasteiger partial charge in [-0.2, -0.15) is 0 Å². The van der Waals surface area contributed by atoms with Crippen molar-refractivity contribution >= 4 is 50.9 Å². The summed E-state index contributed by atoms with van der Waals surface area (Å²) in [6.07, 6.45) is 5.59. The molecule has 198 valence electrons. The maximum absolute atomic E-state index is 13.0. The number of esters is 1. The smallest absolute Gasteiger partial charge is 0.341 e. The van der Waals surface area contributed by atoms with Gasteiger partial charge in [0, 0.05) is 16.8 Å². The number of fused-ring (bicyclic) bond motifs is 2. The number of benzene rings is 1. The van der Waals surface area contributed by atoms with E-state index in [0.717, 1.165) is 41.5 Å². The molecule has 3 aromatic heterocycles. The Morgan fingerprint density at radius 1 is 1.29 bits per heavy atom. The average molecular weight is 553 g/mol. The van der Waals surface area contributed by atoms with Crippen LogP contribution in [0.1, 0.15) is 40.6 Å². The highest BCUT2D eigenvalue weighted by molar-refractivity contribution is 7.99. The summed E-state index contributed by atoms with van der Waals surface area (Å²) in [4.78, 5) is 26.8. The van der Waals surface area contributed by atoms with Gasteiger partial charge in [0.05, 0.1) is 25.0 Å². The maximum Gasteiger partial charge on any atom is 0.341 e. The highest BCUT2D eigenvalue weighted by atomic mass is 32.2. The molecule has 1 aliphatic carbocycles. The second-order valence-electron chi connectivity index (χ2n) is 8.67. The van der Waals surface area contributed by atoms with Gasteiger partial charge in [0.15, 0.2) is 22.2 Å². The highest BCUT2D eigenvalue weighted by Crippen LogP contribution is 2.39. The number of thiophene rings is 1. The number of rotatable bonds is 10. The number of furan rings is 1. The van der Waals surface area contributed by atoms with Gasteiger partial charge in [-0.05, 0) is 50.3 Å². The molecular weight excluding hydrogens is 524 g/mol. The van der Waals surface area contributed by atoms with Crippen LogP contribution in [0.15, 0.2) is 46.5 Å². The van der Waals surface area contributed by atoms with Crippen molar-refractivity contribution in [1.29, 1.82) is 0 Å². The molecule has 0 fully saturated rings. The molecule has 1 aliphatic rings. The topological polar surface area (TPSA) is 108 Å². The van der Waals surface area contributed by atoms with E-state index in [1.165, 1.54) is 23.1 Å². The van der Waals surface area contributed by atoms with Crippen LogP contribution in [0.25, 0.3) is 22.6 Å². The molecule has 3 heterocycles. The van der Waals surface area contributed by atoms with Gasteiger partial charge in [0.1, 0.15) is 5.00 Å². The van der Waals surface area contributed by atoms with Gasteiger partial charge in [-0.25, -0.2) is 4.79 Å². The van der Waals surface area contributed by atoms with Crippen molar-refractivity contribution < 1.29 is 23.5 Å². The molecule has 0 bridgehead atoms. The summed E-state index contributed by atoms with van der Waals surface area (Å²) < 4.78 is 18.6. The van der Waals surface area contributed by atoms with Gasteiger partial charge in [-0.3, -0.25) is 9.36 Å². The number of hydrogen-bond donors (Lipinski definition) is 1. The summed E-state index contributed by atoms with van der Waals surface area (Å²) in [7, 11) is 1.60. The number of amides is 1. The molecule has 0 saturated heterocycles. The lowest BCUT2D eigenvalue weighted by atomic mass is 9.95. The van der Waals surface area contributed by atoms with E-state index in [2.05, 4.69) is 22.1 Å². The number of ether oxygens (including phenoxy) is 2. The van der Waals surface area contributed by atoms with Crippen LogP contribution >= 0.6 is 23.1 Å². The number of nitrogens with zero attached hydrogens (tertiary/aromatic N) is 3. The lowest BCUT2D eigenvalue weighted by molar-refractivity contribution is -0.113. The number of nitrogens with one attached hydrogen (secondary N) is 1. The number of aromatic nitrogens is 3. The fraction of sp³-hybridized carbons (Fsp3) is 0.333. The zero-order valence-electron chi connectivity index (χ0n) is 21.2. The van der Waals surface area contributed by atoms with Crippen molar-refractivity contribution in [2.45, 2.75) is 44.3 Å². The van der Waals surface area contributed by atoms with Crippen LogP contribution in [-0.4, -0.2) is 46.1 Å². The molecule has 1 amide bonds. The number of allylic oxidation sites excluding steroid dienone is 1. The van der Waals surface area contributed by atoms with E-state index in [1.54, 1.807) is 20.1 Å². The summed E-state index contributed by atoms with van der Waals surface area (Å²) >= 11 is 2.73. The third kappa shape index (κ3) is 5.08. The fourth-order valence-electron chi connectivity index (χ4n) is 4.54. The summed E-state index contributed by atoms with van der Waals surface area (Å²) in [5, 5.41) is 13.6. The summed E-state index contributed by atoms with van der Waals surface area (Å²) in [6, 6.07) is 7.55. The number of thioether (sulfide) groups is 1. The lowest BCUT2D eigenvalue weighted by Gasteiger charge is -2.12. The molecule has 0 aliphatic heterocycles. The van der Waals surface area contributed by atoms with Gasteiger partial charge in [0.2, 0.25) is 11.7 Å². The van der Waals surface area contributed by atoms with Crippen molar-refractivity contribution in [2.24, 2.45) is 0 Å². The van der Waals surface area contributed by atoms with Gasteiger partial charge < -0.3 is 19.2 Å². The molecule has 0 spiro atoms. The first kappa shape index (κ1) is 26.1. The number of methoxy groups -OCH3 is 1. The third-order valence-corrected chi connectivity index (χ3v) is 8.39. The summed E-state index contributed by atoms with van der Waals surface area (Å²) in [5.41, 5.74) is 2.14. The van der Waals surface area contributed by atoms with E-state index < -0.39 is 0 Å². The van der Waals surface area contributed by atoms with E-state index in [0.29, 0.717) is 45.2 Å².